The largest absolute Gasteiger partial charge is 0.389 e. The molecule has 13 heavy (non-hydrogen) atoms. The lowest BCUT2D eigenvalue weighted by atomic mass is 10.3. The number of aliphatic hydroxyl groups is 1. The quantitative estimate of drug-likeness (QED) is 0.618. The van der Waals surface area contributed by atoms with Crippen LogP contribution in [0.2, 0.25) is 0 Å². The highest BCUT2D eigenvalue weighted by Gasteiger charge is 2.21. The van der Waals surface area contributed by atoms with Crippen molar-refractivity contribution >= 4 is 0 Å². The second kappa shape index (κ2) is 5.58. The van der Waals surface area contributed by atoms with Crippen LogP contribution in [0.4, 0.5) is 0 Å². The van der Waals surface area contributed by atoms with E-state index in [4.69, 9.17) is 4.74 Å². The predicted octanol–water partition coefficient (Wildman–Crippen LogP) is 0.772. The molecule has 0 bridgehead atoms. The molecule has 0 amide bonds. The zero-order valence-corrected chi connectivity index (χ0v) is 8.62. The van der Waals surface area contributed by atoms with E-state index in [-0.39, 0.29) is 6.10 Å². The standard InChI is InChI=1S/C10H21NO2/c1-8(2)11-5-10(12)7-13-6-9-3-4-9/h8-12H,3-7H2,1-2H3. The summed E-state index contributed by atoms with van der Waals surface area (Å²) in [6, 6.07) is 0.429. The van der Waals surface area contributed by atoms with E-state index in [1.54, 1.807) is 0 Å². The average Bonchev–Trinajstić information content (AvgIpc) is 2.84. The summed E-state index contributed by atoms with van der Waals surface area (Å²) < 4.78 is 5.36. The molecule has 78 valence electrons. The molecule has 1 aliphatic rings. The predicted molar refractivity (Wildman–Crippen MR) is 52.7 cm³/mol. The van der Waals surface area contributed by atoms with Gasteiger partial charge in [0.05, 0.1) is 12.7 Å². The molecule has 1 aliphatic carbocycles. The number of hydrogen-bond donors (Lipinski definition) is 2. The molecular weight excluding hydrogens is 166 g/mol. The van der Waals surface area contributed by atoms with Gasteiger partial charge in [-0.15, -0.1) is 0 Å². The Kier molecular flexibility index (Phi) is 4.70. The second-order valence-electron chi connectivity index (χ2n) is 4.20. The molecule has 0 radical (unpaired) electrons. The van der Waals surface area contributed by atoms with Crippen LogP contribution in [-0.4, -0.2) is 37.0 Å². The molecule has 0 aromatic carbocycles. The first-order chi connectivity index (χ1) is 6.18. The SMILES string of the molecule is CC(C)NCC(O)COCC1CC1. The van der Waals surface area contributed by atoms with Gasteiger partial charge in [-0.05, 0) is 18.8 Å². The van der Waals surface area contributed by atoms with Crippen molar-refractivity contribution in [3.8, 4) is 0 Å². The van der Waals surface area contributed by atoms with Crippen molar-refractivity contribution in [2.45, 2.75) is 38.8 Å². The van der Waals surface area contributed by atoms with Gasteiger partial charge in [0.25, 0.3) is 0 Å². The van der Waals surface area contributed by atoms with Crippen LogP contribution >= 0.6 is 0 Å². The van der Waals surface area contributed by atoms with Crippen molar-refractivity contribution in [1.82, 2.24) is 5.32 Å². The number of nitrogens with one attached hydrogen (secondary N) is 1. The number of aliphatic hydroxyl groups excluding tert-OH is 1. The molecule has 1 saturated carbocycles. The van der Waals surface area contributed by atoms with Gasteiger partial charge in [0.15, 0.2) is 0 Å². The lowest BCUT2D eigenvalue weighted by molar-refractivity contribution is 0.0317. The van der Waals surface area contributed by atoms with Gasteiger partial charge < -0.3 is 15.2 Å². The Morgan fingerprint density at radius 2 is 2.15 bits per heavy atom. The summed E-state index contributed by atoms with van der Waals surface area (Å²) in [6.45, 7) is 6.06. The van der Waals surface area contributed by atoms with Gasteiger partial charge in [0.2, 0.25) is 0 Å². The van der Waals surface area contributed by atoms with E-state index < -0.39 is 0 Å². The minimum absolute atomic E-state index is 0.360. The Hall–Kier alpha value is -0.120. The maximum Gasteiger partial charge on any atom is 0.0897 e. The van der Waals surface area contributed by atoms with Gasteiger partial charge in [-0.3, -0.25) is 0 Å². The van der Waals surface area contributed by atoms with Gasteiger partial charge in [0.1, 0.15) is 0 Å². The smallest absolute Gasteiger partial charge is 0.0897 e. The van der Waals surface area contributed by atoms with Gasteiger partial charge >= 0.3 is 0 Å². The Bertz CT molecular complexity index is 135. The molecule has 1 atom stereocenters. The van der Waals surface area contributed by atoms with Crippen molar-refractivity contribution < 1.29 is 9.84 Å². The Balaban J connectivity index is 1.87. The molecule has 0 heterocycles. The van der Waals surface area contributed by atoms with E-state index in [0.717, 1.165) is 12.5 Å². The molecule has 0 aliphatic heterocycles. The number of rotatable bonds is 7. The van der Waals surface area contributed by atoms with Crippen LogP contribution in [0.3, 0.4) is 0 Å². The summed E-state index contributed by atoms with van der Waals surface area (Å²) >= 11 is 0. The third kappa shape index (κ3) is 6.02. The third-order valence-electron chi connectivity index (χ3n) is 2.12. The van der Waals surface area contributed by atoms with Crippen molar-refractivity contribution in [3.63, 3.8) is 0 Å². The normalized spacial score (nSPS) is 19.4. The number of ether oxygens (including phenoxy) is 1. The molecule has 1 fully saturated rings. The lowest BCUT2D eigenvalue weighted by Gasteiger charge is -2.13. The Labute approximate surface area is 80.5 Å². The van der Waals surface area contributed by atoms with Crippen LogP contribution < -0.4 is 5.32 Å². The first-order valence-corrected chi connectivity index (χ1v) is 5.17. The highest BCUT2D eigenvalue weighted by molar-refractivity contribution is 4.72. The fourth-order valence-corrected chi connectivity index (χ4v) is 1.09. The summed E-state index contributed by atoms with van der Waals surface area (Å²) in [7, 11) is 0. The zero-order chi connectivity index (χ0) is 9.68. The van der Waals surface area contributed by atoms with Gasteiger partial charge in [0, 0.05) is 19.2 Å². The van der Waals surface area contributed by atoms with Crippen molar-refractivity contribution in [1.29, 1.82) is 0 Å². The molecule has 0 aromatic heterocycles. The first-order valence-electron chi connectivity index (χ1n) is 5.17. The summed E-state index contributed by atoms with van der Waals surface area (Å²) in [5, 5.41) is 12.6. The van der Waals surface area contributed by atoms with E-state index in [1.807, 2.05) is 0 Å². The van der Waals surface area contributed by atoms with Crippen LogP contribution in [0.25, 0.3) is 0 Å². The summed E-state index contributed by atoms with van der Waals surface area (Å²) in [4.78, 5) is 0. The van der Waals surface area contributed by atoms with Crippen LogP contribution in [0, 0.1) is 5.92 Å². The highest BCUT2D eigenvalue weighted by atomic mass is 16.5. The topological polar surface area (TPSA) is 41.5 Å². The average molecular weight is 187 g/mol. The van der Waals surface area contributed by atoms with Crippen LogP contribution in [0.15, 0.2) is 0 Å². The number of hydrogen-bond acceptors (Lipinski definition) is 3. The summed E-state index contributed by atoms with van der Waals surface area (Å²) in [5.74, 6) is 0.783. The van der Waals surface area contributed by atoms with E-state index >= 15 is 0 Å². The molecule has 2 N–H and O–H groups in total. The van der Waals surface area contributed by atoms with E-state index in [0.29, 0.717) is 19.2 Å². The fraction of sp³-hybridized carbons (Fsp3) is 1.00. The van der Waals surface area contributed by atoms with Crippen molar-refractivity contribution in [2.75, 3.05) is 19.8 Å². The fourth-order valence-electron chi connectivity index (χ4n) is 1.09. The maximum atomic E-state index is 9.44. The molecule has 3 nitrogen and oxygen atoms in total. The Morgan fingerprint density at radius 1 is 1.46 bits per heavy atom. The molecular formula is C10H21NO2. The molecule has 3 heteroatoms. The minimum atomic E-state index is -0.360. The molecule has 1 rings (SSSR count). The Morgan fingerprint density at radius 3 is 2.69 bits per heavy atom. The summed E-state index contributed by atoms with van der Waals surface area (Å²) in [5.41, 5.74) is 0. The monoisotopic (exact) mass is 187 g/mol. The highest BCUT2D eigenvalue weighted by Crippen LogP contribution is 2.28. The van der Waals surface area contributed by atoms with Gasteiger partial charge in [-0.25, -0.2) is 0 Å². The summed E-state index contributed by atoms with van der Waals surface area (Å²) in [6.07, 6.45) is 2.25. The zero-order valence-electron chi connectivity index (χ0n) is 8.62. The second-order valence-corrected chi connectivity index (χ2v) is 4.20. The first kappa shape index (κ1) is 11.0. The van der Waals surface area contributed by atoms with E-state index in [1.165, 1.54) is 12.8 Å². The van der Waals surface area contributed by atoms with E-state index in [2.05, 4.69) is 19.2 Å². The molecule has 0 saturated heterocycles. The van der Waals surface area contributed by atoms with Crippen molar-refractivity contribution in [2.24, 2.45) is 5.92 Å². The van der Waals surface area contributed by atoms with Crippen LogP contribution in [-0.2, 0) is 4.74 Å². The third-order valence-corrected chi connectivity index (χ3v) is 2.12. The molecule has 0 aromatic rings. The molecule has 0 spiro atoms. The van der Waals surface area contributed by atoms with Crippen molar-refractivity contribution in [3.05, 3.63) is 0 Å². The molecule has 1 unspecified atom stereocenters. The van der Waals surface area contributed by atoms with Gasteiger partial charge in [-0.2, -0.15) is 0 Å². The lowest BCUT2D eigenvalue weighted by Crippen LogP contribution is -2.34. The van der Waals surface area contributed by atoms with Gasteiger partial charge in [-0.1, -0.05) is 13.8 Å². The minimum Gasteiger partial charge on any atom is -0.389 e. The van der Waals surface area contributed by atoms with Crippen LogP contribution in [0.1, 0.15) is 26.7 Å². The van der Waals surface area contributed by atoms with Crippen LogP contribution in [0.5, 0.6) is 0 Å². The van der Waals surface area contributed by atoms with E-state index in [9.17, 15) is 5.11 Å². The maximum absolute atomic E-state index is 9.44.